The van der Waals surface area contributed by atoms with E-state index in [1.807, 2.05) is 12.1 Å². The lowest BCUT2D eigenvalue weighted by atomic mass is 10.1. The van der Waals surface area contributed by atoms with Crippen LogP contribution in [0.15, 0.2) is 18.2 Å². The first-order chi connectivity index (χ1) is 7.68. The molecular formula is C12H16Cl2N2O. The third-order valence-corrected chi connectivity index (χ3v) is 3.11. The van der Waals surface area contributed by atoms with Gasteiger partial charge in [0.15, 0.2) is 5.78 Å². The summed E-state index contributed by atoms with van der Waals surface area (Å²) in [5, 5.41) is 3.96. The lowest BCUT2D eigenvalue weighted by Crippen LogP contribution is -2.43. The molecule has 94 valence electrons. The van der Waals surface area contributed by atoms with E-state index in [1.165, 1.54) is 0 Å². The van der Waals surface area contributed by atoms with Gasteiger partial charge in [0, 0.05) is 31.7 Å². The summed E-state index contributed by atoms with van der Waals surface area (Å²) in [6, 6.07) is 5.53. The Kier molecular flexibility index (Phi) is 5.25. The number of hydrogen-bond acceptors (Lipinski definition) is 3. The van der Waals surface area contributed by atoms with Crippen molar-refractivity contribution in [2.45, 2.75) is 6.92 Å². The first kappa shape index (κ1) is 14.3. The van der Waals surface area contributed by atoms with E-state index in [0.717, 1.165) is 31.9 Å². The molecule has 2 rings (SSSR count). The fourth-order valence-electron chi connectivity index (χ4n) is 1.89. The van der Waals surface area contributed by atoms with Crippen LogP contribution in [-0.4, -0.2) is 32.0 Å². The maximum atomic E-state index is 11.2. The molecule has 1 fully saturated rings. The molecule has 0 aliphatic carbocycles. The van der Waals surface area contributed by atoms with Crippen molar-refractivity contribution >= 4 is 35.5 Å². The summed E-state index contributed by atoms with van der Waals surface area (Å²) in [5.41, 5.74) is 1.69. The Labute approximate surface area is 113 Å². The monoisotopic (exact) mass is 274 g/mol. The molecule has 0 unspecified atom stereocenters. The predicted molar refractivity (Wildman–Crippen MR) is 73.8 cm³/mol. The van der Waals surface area contributed by atoms with Crippen LogP contribution < -0.4 is 10.2 Å². The van der Waals surface area contributed by atoms with Gasteiger partial charge in [-0.1, -0.05) is 11.6 Å². The molecule has 1 aliphatic rings. The highest BCUT2D eigenvalue weighted by atomic mass is 35.5. The fourth-order valence-corrected chi connectivity index (χ4v) is 2.19. The molecule has 17 heavy (non-hydrogen) atoms. The molecule has 1 aromatic rings. The predicted octanol–water partition coefficient (Wildman–Crippen LogP) is 2.37. The van der Waals surface area contributed by atoms with E-state index in [2.05, 4.69) is 10.2 Å². The third-order valence-electron chi connectivity index (χ3n) is 2.81. The molecule has 0 radical (unpaired) electrons. The van der Waals surface area contributed by atoms with Crippen LogP contribution in [0, 0.1) is 0 Å². The Balaban J connectivity index is 0.00000144. The molecule has 3 nitrogen and oxygen atoms in total. The van der Waals surface area contributed by atoms with Crippen LogP contribution >= 0.6 is 24.0 Å². The van der Waals surface area contributed by atoms with Crippen LogP contribution in [0.5, 0.6) is 0 Å². The van der Waals surface area contributed by atoms with Crippen molar-refractivity contribution in [2.24, 2.45) is 0 Å². The van der Waals surface area contributed by atoms with E-state index < -0.39 is 0 Å². The van der Waals surface area contributed by atoms with Crippen molar-refractivity contribution in [1.29, 1.82) is 0 Å². The van der Waals surface area contributed by atoms with Gasteiger partial charge in [0.25, 0.3) is 0 Å². The van der Waals surface area contributed by atoms with Gasteiger partial charge in [-0.05, 0) is 25.1 Å². The van der Waals surface area contributed by atoms with E-state index in [9.17, 15) is 4.79 Å². The Morgan fingerprint density at radius 1 is 1.35 bits per heavy atom. The average molecular weight is 275 g/mol. The highest BCUT2D eigenvalue weighted by Crippen LogP contribution is 2.27. The van der Waals surface area contributed by atoms with Gasteiger partial charge in [0.2, 0.25) is 0 Å². The second-order valence-electron chi connectivity index (χ2n) is 3.96. The van der Waals surface area contributed by atoms with E-state index in [4.69, 9.17) is 11.6 Å². The molecule has 0 amide bonds. The van der Waals surface area contributed by atoms with Crippen LogP contribution in [0.2, 0.25) is 5.02 Å². The summed E-state index contributed by atoms with van der Waals surface area (Å²) >= 11 is 6.19. The molecule has 0 aromatic heterocycles. The molecule has 1 heterocycles. The van der Waals surface area contributed by atoms with E-state index in [1.54, 1.807) is 13.0 Å². The van der Waals surface area contributed by atoms with Gasteiger partial charge in [0.05, 0.1) is 10.7 Å². The highest BCUT2D eigenvalue weighted by molar-refractivity contribution is 6.33. The lowest BCUT2D eigenvalue weighted by Gasteiger charge is -2.30. The summed E-state index contributed by atoms with van der Waals surface area (Å²) < 4.78 is 0. The SMILES string of the molecule is CC(=O)c1ccc(N2CCNCC2)c(Cl)c1.Cl. The van der Waals surface area contributed by atoms with Crippen molar-refractivity contribution in [3.63, 3.8) is 0 Å². The van der Waals surface area contributed by atoms with E-state index in [0.29, 0.717) is 10.6 Å². The zero-order chi connectivity index (χ0) is 11.5. The molecule has 1 N–H and O–H groups in total. The van der Waals surface area contributed by atoms with E-state index in [-0.39, 0.29) is 18.2 Å². The number of Topliss-reactive ketones (excluding diaryl/α,β-unsaturated/α-hetero) is 1. The van der Waals surface area contributed by atoms with Crippen LogP contribution in [0.3, 0.4) is 0 Å². The van der Waals surface area contributed by atoms with Gasteiger partial charge in [-0.15, -0.1) is 12.4 Å². The van der Waals surface area contributed by atoms with Gasteiger partial charge in [-0.25, -0.2) is 0 Å². The number of carbonyl (C=O) groups excluding carboxylic acids is 1. The second-order valence-corrected chi connectivity index (χ2v) is 4.37. The number of carbonyl (C=O) groups is 1. The minimum atomic E-state index is 0. The molecule has 0 atom stereocenters. The van der Waals surface area contributed by atoms with Crippen molar-refractivity contribution < 1.29 is 4.79 Å². The van der Waals surface area contributed by atoms with Gasteiger partial charge >= 0.3 is 0 Å². The van der Waals surface area contributed by atoms with Crippen molar-refractivity contribution in [1.82, 2.24) is 5.32 Å². The standard InChI is InChI=1S/C12H15ClN2O.ClH/c1-9(16)10-2-3-12(11(13)8-10)15-6-4-14-5-7-15;/h2-3,8,14H,4-7H2,1H3;1H. The third kappa shape index (κ3) is 3.35. The van der Waals surface area contributed by atoms with Gasteiger partial charge in [-0.2, -0.15) is 0 Å². The summed E-state index contributed by atoms with van der Waals surface area (Å²) in [4.78, 5) is 13.4. The summed E-state index contributed by atoms with van der Waals surface area (Å²) in [6.45, 7) is 5.42. The summed E-state index contributed by atoms with van der Waals surface area (Å²) in [5.74, 6) is 0.0498. The molecular weight excluding hydrogens is 259 g/mol. The first-order valence-corrected chi connectivity index (χ1v) is 5.82. The Morgan fingerprint density at radius 2 is 2.00 bits per heavy atom. The molecule has 5 heteroatoms. The quantitative estimate of drug-likeness (QED) is 0.841. The van der Waals surface area contributed by atoms with Crippen LogP contribution in [0.4, 0.5) is 5.69 Å². The Hall–Kier alpha value is -0.770. The zero-order valence-electron chi connectivity index (χ0n) is 9.70. The van der Waals surface area contributed by atoms with Gasteiger partial charge in [-0.3, -0.25) is 4.79 Å². The number of rotatable bonds is 2. The number of nitrogens with one attached hydrogen (secondary N) is 1. The van der Waals surface area contributed by atoms with Crippen LogP contribution in [-0.2, 0) is 0 Å². The van der Waals surface area contributed by atoms with Crippen molar-refractivity contribution in [3.05, 3.63) is 28.8 Å². The molecule has 0 saturated carbocycles. The molecule has 0 bridgehead atoms. The molecule has 1 aliphatic heterocycles. The zero-order valence-corrected chi connectivity index (χ0v) is 11.3. The summed E-state index contributed by atoms with van der Waals surface area (Å²) in [6.07, 6.45) is 0. The fraction of sp³-hybridized carbons (Fsp3) is 0.417. The van der Waals surface area contributed by atoms with E-state index >= 15 is 0 Å². The number of ketones is 1. The number of benzene rings is 1. The Morgan fingerprint density at radius 3 is 2.53 bits per heavy atom. The topological polar surface area (TPSA) is 32.3 Å². The Bertz CT molecular complexity index is 403. The molecule has 1 aromatic carbocycles. The molecule has 0 spiro atoms. The maximum absolute atomic E-state index is 11.2. The van der Waals surface area contributed by atoms with Gasteiger partial charge < -0.3 is 10.2 Å². The first-order valence-electron chi connectivity index (χ1n) is 5.44. The number of nitrogens with zero attached hydrogens (tertiary/aromatic N) is 1. The number of hydrogen-bond donors (Lipinski definition) is 1. The average Bonchev–Trinajstić information content (AvgIpc) is 2.30. The molecule has 1 saturated heterocycles. The number of piperazine rings is 1. The second kappa shape index (κ2) is 6.24. The van der Waals surface area contributed by atoms with Crippen LogP contribution in [0.25, 0.3) is 0 Å². The number of halogens is 2. The van der Waals surface area contributed by atoms with Crippen molar-refractivity contribution in [3.8, 4) is 0 Å². The smallest absolute Gasteiger partial charge is 0.159 e. The van der Waals surface area contributed by atoms with Crippen LogP contribution in [0.1, 0.15) is 17.3 Å². The lowest BCUT2D eigenvalue weighted by molar-refractivity contribution is 0.101. The summed E-state index contributed by atoms with van der Waals surface area (Å²) in [7, 11) is 0. The maximum Gasteiger partial charge on any atom is 0.159 e. The highest BCUT2D eigenvalue weighted by Gasteiger charge is 2.14. The van der Waals surface area contributed by atoms with Gasteiger partial charge in [0.1, 0.15) is 0 Å². The van der Waals surface area contributed by atoms with Crippen molar-refractivity contribution in [2.75, 3.05) is 31.1 Å². The number of anilines is 1. The largest absolute Gasteiger partial charge is 0.368 e. The minimum Gasteiger partial charge on any atom is -0.368 e. The minimum absolute atomic E-state index is 0. The normalized spacial score (nSPS) is 15.3.